The highest BCUT2D eigenvalue weighted by Crippen LogP contribution is 2.36. The fourth-order valence-electron chi connectivity index (χ4n) is 1.02. The van der Waals surface area contributed by atoms with Crippen LogP contribution >= 0.6 is 34.2 Å². The Kier molecular flexibility index (Phi) is 4.36. The molecule has 1 heterocycles. The van der Waals surface area contributed by atoms with E-state index >= 15 is 0 Å². The van der Waals surface area contributed by atoms with Crippen molar-refractivity contribution >= 4 is 39.9 Å². The number of ether oxygens (including phenoxy) is 1. The van der Waals surface area contributed by atoms with Gasteiger partial charge < -0.3 is 4.74 Å². The van der Waals surface area contributed by atoms with Crippen LogP contribution in [-0.4, -0.2) is 16.3 Å². The molecule has 10 heteroatoms. The number of aromatic nitrogens is 1. The average molecular weight is 382 g/mol. The van der Waals surface area contributed by atoms with Gasteiger partial charge in [0.25, 0.3) is 0 Å². The Morgan fingerprint density at radius 2 is 2.18 bits per heavy atom. The molecule has 0 bridgehead atoms. The highest BCUT2D eigenvalue weighted by molar-refractivity contribution is 14.1. The minimum Gasteiger partial charge on any atom is -0.397 e. The molecule has 0 saturated carbocycles. The lowest BCUT2D eigenvalue weighted by Crippen LogP contribution is -2.18. The van der Waals surface area contributed by atoms with Crippen molar-refractivity contribution in [3.05, 3.63) is 25.6 Å². The lowest BCUT2D eigenvalue weighted by molar-refractivity contribution is -0.389. The van der Waals surface area contributed by atoms with E-state index in [2.05, 4.69) is 9.72 Å². The summed E-state index contributed by atoms with van der Waals surface area (Å²) in [6.07, 6.45) is -4.38. The third-order valence-electron chi connectivity index (χ3n) is 1.61. The van der Waals surface area contributed by atoms with Gasteiger partial charge in [-0.2, -0.15) is 0 Å². The highest BCUT2D eigenvalue weighted by Gasteiger charge is 2.36. The molecule has 94 valence electrons. The van der Waals surface area contributed by atoms with Crippen molar-refractivity contribution in [3.63, 3.8) is 0 Å². The van der Waals surface area contributed by atoms with Gasteiger partial charge in [0.1, 0.15) is 3.70 Å². The van der Waals surface area contributed by atoms with Gasteiger partial charge in [-0.3, -0.25) is 10.1 Å². The Balaban J connectivity index is 3.36. The first-order valence-electron chi connectivity index (χ1n) is 3.89. The van der Waals surface area contributed by atoms with Crippen LogP contribution in [0.2, 0.25) is 0 Å². The molecule has 0 amide bonds. The van der Waals surface area contributed by atoms with E-state index in [4.69, 9.17) is 11.6 Å². The Morgan fingerprint density at radius 1 is 1.59 bits per heavy atom. The Hall–Kier alpha value is -0.840. The van der Waals surface area contributed by atoms with Gasteiger partial charge in [0.15, 0.2) is 0 Å². The number of rotatable bonds is 3. The second-order valence-electron chi connectivity index (χ2n) is 2.68. The summed E-state index contributed by atoms with van der Waals surface area (Å²) in [5.74, 6) is -1.31. The maximum absolute atomic E-state index is 12.0. The Labute approximate surface area is 111 Å². The highest BCUT2D eigenvalue weighted by atomic mass is 127. The van der Waals surface area contributed by atoms with E-state index in [1.165, 1.54) is 0 Å². The van der Waals surface area contributed by atoms with Gasteiger partial charge in [0, 0.05) is 0 Å². The van der Waals surface area contributed by atoms with Crippen molar-refractivity contribution in [2.24, 2.45) is 0 Å². The number of hydrogen-bond donors (Lipinski definition) is 0. The van der Waals surface area contributed by atoms with Crippen LogP contribution in [0.3, 0.4) is 0 Å². The summed E-state index contributed by atoms with van der Waals surface area (Å²) in [5, 5.41) is 10.7. The van der Waals surface area contributed by atoms with Gasteiger partial charge in [-0.1, -0.05) is 0 Å². The maximum Gasteiger partial charge on any atom is 0.573 e. The molecule has 0 aromatic carbocycles. The van der Waals surface area contributed by atoms with Crippen molar-refractivity contribution in [2.75, 3.05) is 0 Å². The lowest BCUT2D eigenvalue weighted by Gasteiger charge is -2.10. The molecular weight excluding hydrogens is 379 g/mol. The van der Waals surface area contributed by atoms with Crippen molar-refractivity contribution in [1.82, 2.24) is 4.98 Å². The second kappa shape index (κ2) is 5.21. The lowest BCUT2D eigenvalue weighted by atomic mass is 10.2. The number of pyridine rings is 1. The van der Waals surface area contributed by atoms with Crippen LogP contribution in [0.1, 0.15) is 5.56 Å². The molecule has 0 radical (unpaired) electrons. The third-order valence-corrected chi connectivity index (χ3v) is 2.80. The smallest absolute Gasteiger partial charge is 0.397 e. The van der Waals surface area contributed by atoms with E-state index < -0.39 is 22.7 Å². The van der Waals surface area contributed by atoms with Crippen LogP contribution in [0, 0.1) is 13.8 Å². The predicted molar refractivity (Wildman–Crippen MR) is 59.8 cm³/mol. The summed E-state index contributed by atoms with van der Waals surface area (Å²) >= 11 is 7.08. The minimum atomic E-state index is -5.02. The van der Waals surface area contributed by atoms with Crippen LogP contribution in [0.4, 0.5) is 18.9 Å². The molecule has 1 rings (SSSR count). The van der Waals surface area contributed by atoms with Crippen molar-refractivity contribution in [1.29, 1.82) is 0 Å². The number of hydrogen-bond acceptors (Lipinski definition) is 4. The van der Waals surface area contributed by atoms with E-state index in [0.29, 0.717) is 6.20 Å². The van der Waals surface area contributed by atoms with Crippen LogP contribution < -0.4 is 4.74 Å². The Bertz CT molecular complexity index is 455. The molecule has 0 spiro atoms. The molecule has 0 aliphatic heterocycles. The van der Waals surface area contributed by atoms with E-state index in [1.807, 2.05) is 0 Å². The van der Waals surface area contributed by atoms with Gasteiger partial charge in [-0.25, -0.2) is 4.98 Å². The summed E-state index contributed by atoms with van der Waals surface area (Å²) in [6, 6.07) is 0. The topological polar surface area (TPSA) is 65.3 Å². The molecule has 0 unspecified atom stereocenters. The molecule has 0 fully saturated rings. The van der Waals surface area contributed by atoms with Gasteiger partial charge in [-0.05, 0) is 22.6 Å². The zero-order valence-electron chi connectivity index (χ0n) is 7.79. The van der Waals surface area contributed by atoms with E-state index in [0.717, 1.165) is 0 Å². The van der Waals surface area contributed by atoms with Gasteiger partial charge in [0.2, 0.25) is 5.75 Å². The van der Waals surface area contributed by atoms with Crippen molar-refractivity contribution in [3.8, 4) is 5.75 Å². The monoisotopic (exact) mass is 382 g/mol. The van der Waals surface area contributed by atoms with Crippen LogP contribution in [0.15, 0.2) is 6.20 Å². The zero-order chi connectivity index (χ0) is 13.2. The fraction of sp³-hybridized carbons (Fsp3) is 0.286. The molecule has 0 atom stereocenters. The minimum absolute atomic E-state index is 0.112. The Morgan fingerprint density at radius 3 is 2.59 bits per heavy atom. The third kappa shape index (κ3) is 3.56. The summed E-state index contributed by atoms with van der Waals surface area (Å²) in [5.41, 5.74) is -0.934. The summed E-state index contributed by atoms with van der Waals surface area (Å²) in [6.45, 7) is 0. The molecule has 0 aliphatic carbocycles. The summed E-state index contributed by atoms with van der Waals surface area (Å²) < 4.78 is 39.7. The molecular formula is C7H3ClF3IN2O3. The van der Waals surface area contributed by atoms with Crippen LogP contribution in [0.5, 0.6) is 5.75 Å². The maximum atomic E-state index is 12.0. The van der Waals surface area contributed by atoms with E-state index in [9.17, 15) is 23.3 Å². The molecule has 0 aliphatic rings. The van der Waals surface area contributed by atoms with Crippen molar-refractivity contribution < 1.29 is 22.8 Å². The first-order valence-corrected chi connectivity index (χ1v) is 5.51. The van der Waals surface area contributed by atoms with Crippen molar-refractivity contribution in [2.45, 2.75) is 12.2 Å². The number of nitro groups is 1. The largest absolute Gasteiger partial charge is 0.573 e. The molecule has 17 heavy (non-hydrogen) atoms. The number of halogens is 5. The van der Waals surface area contributed by atoms with Gasteiger partial charge in [-0.15, -0.1) is 24.8 Å². The van der Waals surface area contributed by atoms with Crippen LogP contribution in [0.25, 0.3) is 0 Å². The summed E-state index contributed by atoms with van der Waals surface area (Å²) in [4.78, 5) is 13.3. The average Bonchev–Trinajstić information content (AvgIpc) is 2.17. The fourth-order valence-corrected chi connectivity index (χ4v) is 2.08. The van der Waals surface area contributed by atoms with Crippen LogP contribution in [-0.2, 0) is 5.88 Å². The standard InChI is InChI=1S/C7H3ClF3IN2O3/c8-1-3-5(14(15)16)4(2-13-6(3)12)17-7(9,10)11/h2H,1H2. The molecule has 1 aromatic heterocycles. The van der Waals surface area contributed by atoms with Gasteiger partial charge >= 0.3 is 12.0 Å². The molecule has 0 saturated heterocycles. The molecule has 0 N–H and O–H groups in total. The van der Waals surface area contributed by atoms with Gasteiger partial charge in [0.05, 0.1) is 22.6 Å². The molecule has 1 aromatic rings. The first-order chi connectivity index (χ1) is 7.76. The second-order valence-corrected chi connectivity index (χ2v) is 3.97. The van der Waals surface area contributed by atoms with E-state index in [-0.39, 0.29) is 15.1 Å². The summed E-state index contributed by atoms with van der Waals surface area (Å²) in [7, 11) is 0. The van der Waals surface area contributed by atoms with E-state index in [1.54, 1.807) is 22.6 Å². The quantitative estimate of drug-likeness (QED) is 0.265. The number of alkyl halides is 4. The molecule has 5 nitrogen and oxygen atoms in total. The first kappa shape index (κ1) is 14.2. The predicted octanol–water partition coefficient (Wildman–Crippen LogP) is 3.23. The SMILES string of the molecule is O=[N+]([O-])c1c(OC(F)(F)F)cnc(I)c1CCl. The normalized spacial score (nSPS) is 11.4. The number of nitrogens with zero attached hydrogens (tertiary/aromatic N) is 2. The zero-order valence-corrected chi connectivity index (χ0v) is 10.7.